The van der Waals surface area contributed by atoms with Crippen LogP contribution in [0.5, 0.6) is 11.5 Å². The summed E-state index contributed by atoms with van der Waals surface area (Å²) in [5.74, 6) is 2.45. The van der Waals surface area contributed by atoms with E-state index in [1.54, 1.807) is 0 Å². The van der Waals surface area contributed by atoms with E-state index in [9.17, 15) is 0 Å². The second kappa shape index (κ2) is 7.46. The lowest BCUT2D eigenvalue weighted by atomic mass is 9.98. The normalized spacial score (nSPS) is 20.0. The van der Waals surface area contributed by atoms with Crippen LogP contribution in [0, 0.1) is 5.92 Å². The van der Waals surface area contributed by atoms with Gasteiger partial charge >= 0.3 is 0 Å². The zero-order valence-electron chi connectivity index (χ0n) is 14.5. The van der Waals surface area contributed by atoms with Crippen molar-refractivity contribution in [3.63, 3.8) is 0 Å². The molecule has 1 unspecified atom stereocenters. The number of nitrogens with zero attached hydrogens (tertiary/aromatic N) is 1. The molecule has 0 aromatic heterocycles. The maximum absolute atomic E-state index is 9.14. The summed E-state index contributed by atoms with van der Waals surface area (Å²) in [6.07, 6.45) is 2.36. The standard InChI is InChI=1S/C21H25NO3/c23-15-17-3-1-16(2-4-17)11-19-7-8-22(14-19)13-18-5-6-20-21(12-18)25-10-9-24-20/h1-6,12,19,23H,7-11,13-15H2. The van der Waals surface area contributed by atoms with Crippen molar-refractivity contribution < 1.29 is 14.6 Å². The van der Waals surface area contributed by atoms with Gasteiger partial charge < -0.3 is 14.6 Å². The van der Waals surface area contributed by atoms with Gasteiger partial charge in [-0.3, -0.25) is 4.90 Å². The van der Waals surface area contributed by atoms with Crippen LogP contribution in [-0.2, 0) is 19.6 Å². The molecule has 0 aliphatic carbocycles. The smallest absolute Gasteiger partial charge is 0.161 e. The monoisotopic (exact) mass is 339 g/mol. The van der Waals surface area contributed by atoms with E-state index in [2.05, 4.69) is 29.2 Å². The maximum atomic E-state index is 9.14. The zero-order valence-corrected chi connectivity index (χ0v) is 14.5. The summed E-state index contributed by atoms with van der Waals surface area (Å²) in [7, 11) is 0. The molecule has 2 aliphatic rings. The Morgan fingerprint density at radius 3 is 2.44 bits per heavy atom. The van der Waals surface area contributed by atoms with Gasteiger partial charge in [0.1, 0.15) is 13.2 Å². The van der Waals surface area contributed by atoms with Crippen LogP contribution in [0.25, 0.3) is 0 Å². The molecule has 0 spiro atoms. The molecule has 2 aromatic carbocycles. The number of rotatable bonds is 5. The van der Waals surface area contributed by atoms with Gasteiger partial charge in [-0.05, 0) is 54.1 Å². The second-order valence-corrected chi connectivity index (χ2v) is 7.05. The van der Waals surface area contributed by atoms with Crippen molar-refractivity contribution >= 4 is 0 Å². The first kappa shape index (κ1) is 16.4. The summed E-state index contributed by atoms with van der Waals surface area (Å²) in [6, 6.07) is 14.6. The Labute approximate surface area is 149 Å². The van der Waals surface area contributed by atoms with E-state index in [1.165, 1.54) is 17.5 Å². The van der Waals surface area contributed by atoms with Crippen molar-refractivity contribution in [3.05, 3.63) is 59.2 Å². The Balaban J connectivity index is 1.33. The Morgan fingerprint density at radius 1 is 0.920 bits per heavy atom. The van der Waals surface area contributed by atoms with Crippen molar-refractivity contribution in [3.8, 4) is 11.5 Å². The molecular formula is C21H25NO3. The van der Waals surface area contributed by atoms with Crippen LogP contribution in [0.15, 0.2) is 42.5 Å². The van der Waals surface area contributed by atoms with Crippen molar-refractivity contribution in [1.82, 2.24) is 4.90 Å². The summed E-state index contributed by atoms with van der Waals surface area (Å²) >= 11 is 0. The topological polar surface area (TPSA) is 41.9 Å². The van der Waals surface area contributed by atoms with Crippen LogP contribution >= 0.6 is 0 Å². The van der Waals surface area contributed by atoms with Crippen LogP contribution in [0.4, 0.5) is 0 Å². The minimum absolute atomic E-state index is 0.118. The Kier molecular flexibility index (Phi) is 4.90. The van der Waals surface area contributed by atoms with Crippen LogP contribution in [0.2, 0.25) is 0 Å². The molecule has 1 atom stereocenters. The summed E-state index contributed by atoms with van der Waals surface area (Å²) in [5.41, 5.74) is 3.64. The third kappa shape index (κ3) is 3.97. The highest BCUT2D eigenvalue weighted by Crippen LogP contribution is 2.32. The molecule has 4 nitrogen and oxygen atoms in total. The fourth-order valence-corrected chi connectivity index (χ4v) is 3.78. The number of hydrogen-bond donors (Lipinski definition) is 1. The molecule has 0 bridgehead atoms. The quantitative estimate of drug-likeness (QED) is 0.909. The molecule has 2 aromatic rings. The molecule has 0 radical (unpaired) electrons. The highest BCUT2D eigenvalue weighted by molar-refractivity contribution is 5.43. The van der Waals surface area contributed by atoms with Crippen LogP contribution in [-0.4, -0.2) is 36.3 Å². The lowest BCUT2D eigenvalue weighted by molar-refractivity contribution is 0.171. The molecule has 1 fully saturated rings. The fourth-order valence-electron chi connectivity index (χ4n) is 3.78. The van der Waals surface area contributed by atoms with Gasteiger partial charge in [0.25, 0.3) is 0 Å². The Morgan fingerprint density at radius 2 is 1.64 bits per heavy atom. The van der Waals surface area contributed by atoms with E-state index >= 15 is 0 Å². The van der Waals surface area contributed by atoms with Gasteiger partial charge in [0, 0.05) is 13.1 Å². The number of aliphatic hydroxyl groups is 1. The van der Waals surface area contributed by atoms with Crippen molar-refractivity contribution in [2.24, 2.45) is 5.92 Å². The van der Waals surface area contributed by atoms with E-state index in [4.69, 9.17) is 14.6 Å². The fraction of sp³-hybridized carbons (Fsp3) is 0.429. The first-order valence-corrected chi connectivity index (χ1v) is 9.10. The van der Waals surface area contributed by atoms with Crippen molar-refractivity contribution in [1.29, 1.82) is 0 Å². The van der Waals surface area contributed by atoms with Gasteiger partial charge in [-0.2, -0.15) is 0 Å². The largest absolute Gasteiger partial charge is 0.486 e. The zero-order chi connectivity index (χ0) is 17.1. The molecule has 4 heteroatoms. The lowest BCUT2D eigenvalue weighted by Gasteiger charge is -2.21. The predicted octanol–water partition coefficient (Wildman–Crippen LogP) is 3.01. The minimum atomic E-state index is 0.118. The number of fused-ring (bicyclic) bond motifs is 1. The van der Waals surface area contributed by atoms with Crippen molar-refractivity contribution in [2.45, 2.75) is 26.0 Å². The highest BCUT2D eigenvalue weighted by atomic mass is 16.6. The van der Waals surface area contributed by atoms with E-state index in [1.807, 2.05) is 18.2 Å². The van der Waals surface area contributed by atoms with E-state index in [0.29, 0.717) is 19.1 Å². The Hall–Kier alpha value is -2.04. The molecule has 132 valence electrons. The number of aliphatic hydroxyl groups excluding tert-OH is 1. The number of ether oxygens (including phenoxy) is 2. The van der Waals surface area contributed by atoms with Crippen LogP contribution in [0.1, 0.15) is 23.1 Å². The summed E-state index contributed by atoms with van der Waals surface area (Å²) < 4.78 is 11.3. The van der Waals surface area contributed by atoms with E-state index in [-0.39, 0.29) is 6.61 Å². The van der Waals surface area contributed by atoms with E-state index in [0.717, 1.165) is 43.1 Å². The summed E-state index contributed by atoms with van der Waals surface area (Å²) in [4.78, 5) is 2.53. The van der Waals surface area contributed by atoms with Crippen molar-refractivity contribution in [2.75, 3.05) is 26.3 Å². The molecule has 0 amide bonds. The first-order valence-electron chi connectivity index (χ1n) is 9.10. The van der Waals surface area contributed by atoms with Crippen LogP contribution in [0.3, 0.4) is 0 Å². The van der Waals surface area contributed by atoms with Gasteiger partial charge in [0.15, 0.2) is 11.5 Å². The molecule has 4 rings (SSSR count). The molecule has 2 heterocycles. The van der Waals surface area contributed by atoms with Gasteiger partial charge in [-0.1, -0.05) is 30.3 Å². The van der Waals surface area contributed by atoms with Gasteiger partial charge in [0.2, 0.25) is 0 Å². The minimum Gasteiger partial charge on any atom is -0.486 e. The highest BCUT2D eigenvalue weighted by Gasteiger charge is 2.23. The van der Waals surface area contributed by atoms with Gasteiger partial charge in [-0.25, -0.2) is 0 Å². The van der Waals surface area contributed by atoms with E-state index < -0.39 is 0 Å². The second-order valence-electron chi connectivity index (χ2n) is 7.05. The predicted molar refractivity (Wildman–Crippen MR) is 96.9 cm³/mol. The third-order valence-electron chi connectivity index (χ3n) is 5.11. The molecular weight excluding hydrogens is 314 g/mol. The molecule has 1 saturated heterocycles. The Bertz CT molecular complexity index is 714. The molecule has 25 heavy (non-hydrogen) atoms. The third-order valence-corrected chi connectivity index (χ3v) is 5.11. The molecule has 2 aliphatic heterocycles. The SMILES string of the molecule is OCc1ccc(CC2CCN(Cc3ccc4c(c3)OCCO4)C2)cc1. The average Bonchev–Trinajstić information content (AvgIpc) is 3.09. The summed E-state index contributed by atoms with van der Waals surface area (Å²) in [6.45, 7) is 4.64. The van der Waals surface area contributed by atoms with Crippen LogP contribution < -0.4 is 9.47 Å². The molecule has 1 N–H and O–H groups in total. The number of benzene rings is 2. The lowest BCUT2D eigenvalue weighted by Crippen LogP contribution is -2.21. The molecule has 0 saturated carbocycles. The maximum Gasteiger partial charge on any atom is 0.161 e. The average molecular weight is 339 g/mol. The van der Waals surface area contributed by atoms with Gasteiger partial charge in [-0.15, -0.1) is 0 Å². The first-order chi connectivity index (χ1) is 12.3. The number of hydrogen-bond acceptors (Lipinski definition) is 4. The summed E-state index contributed by atoms with van der Waals surface area (Å²) in [5, 5.41) is 9.14. The van der Waals surface area contributed by atoms with Gasteiger partial charge in [0.05, 0.1) is 6.61 Å². The number of likely N-dealkylation sites (tertiary alicyclic amines) is 1.